The number of carbonyl (C=O) groups is 2. The van der Waals surface area contributed by atoms with Crippen molar-refractivity contribution in [1.29, 1.82) is 0 Å². The highest BCUT2D eigenvalue weighted by Gasteiger charge is 2.35. The molecule has 0 bridgehead atoms. The molecule has 1 heterocycles. The van der Waals surface area contributed by atoms with Crippen LogP contribution in [0.15, 0.2) is 40.9 Å². The molecule has 0 saturated carbocycles. The molecule has 0 N–H and O–H groups in total. The zero-order valence-electron chi connectivity index (χ0n) is 8.57. The summed E-state index contributed by atoms with van der Waals surface area (Å²) in [7, 11) is 0. The lowest BCUT2D eigenvalue weighted by Gasteiger charge is -2.10. The highest BCUT2D eigenvalue weighted by Crippen LogP contribution is 2.33. The van der Waals surface area contributed by atoms with E-state index in [-0.39, 0.29) is 16.5 Å². The molecule has 1 aromatic carbocycles. The highest BCUT2D eigenvalue weighted by atomic mass is 35.5. The number of benzene rings is 1. The Bertz CT molecular complexity index is 476. The van der Waals surface area contributed by atoms with E-state index in [1.54, 1.807) is 0 Å². The topological polar surface area (TPSA) is 43.4 Å². The molecule has 0 unspecified atom stereocenters. The molecule has 1 aromatic rings. The predicted octanol–water partition coefficient (Wildman–Crippen LogP) is 2.37. The molecule has 1 aliphatic heterocycles. The lowest BCUT2D eigenvalue weighted by atomic mass is 9.93. The van der Waals surface area contributed by atoms with Crippen LogP contribution in [0.3, 0.4) is 0 Å². The molecule has 0 saturated heterocycles. The summed E-state index contributed by atoms with van der Waals surface area (Å²) in [4.78, 5) is 22.5. The second-order valence-corrected chi connectivity index (χ2v) is 3.91. The maximum atomic E-state index is 11.4. The van der Waals surface area contributed by atoms with Crippen LogP contribution in [0.4, 0.5) is 0 Å². The fraction of sp³-hybridized carbons (Fsp3) is 0.167. The average molecular weight is 237 g/mol. The fourth-order valence-corrected chi connectivity index (χ4v) is 1.94. The molecule has 3 nitrogen and oxygen atoms in total. The Balaban J connectivity index is 2.40. The summed E-state index contributed by atoms with van der Waals surface area (Å²) in [6.07, 6.45) is 0. The van der Waals surface area contributed by atoms with Gasteiger partial charge in [0.25, 0.3) is 0 Å². The van der Waals surface area contributed by atoms with Gasteiger partial charge in [0, 0.05) is 5.92 Å². The van der Waals surface area contributed by atoms with Crippen LogP contribution in [-0.2, 0) is 14.3 Å². The molecule has 0 fully saturated rings. The lowest BCUT2D eigenvalue weighted by molar-refractivity contribution is -0.150. The highest BCUT2D eigenvalue weighted by molar-refractivity contribution is 6.46. The van der Waals surface area contributed by atoms with Crippen LogP contribution >= 0.6 is 11.6 Å². The Hall–Kier alpha value is -1.61. The van der Waals surface area contributed by atoms with Crippen molar-refractivity contribution in [2.75, 3.05) is 0 Å². The van der Waals surface area contributed by atoms with Gasteiger partial charge in [0.15, 0.2) is 0 Å². The molecule has 1 aliphatic rings. The third-order valence-electron chi connectivity index (χ3n) is 2.55. The van der Waals surface area contributed by atoms with Gasteiger partial charge in [-0.2, -0.15) is 0 Å². The lowest BCUT2D eigenvalue weighted by Crippen LogP contribution is -2.07. The molecular formula is C12H9ClO3. The summed E-state index contributed by atoms with van der Waals surface area (Å²) >= 11 is 5.75. The van der Waals surface area contributed by atoms with E-state index in [0.29, 0.717) is 0 Å². The second-order valence-electron chi connectivity index (χ2n) is 3.54. The molecule has 4 heteroatoms. The quantitative estimate of drug-likeness (QED) is 0.585. The van der Waals surface area contributed by atoms with Gasteiger partial charge in [0.05, 0.1) is 5.57 Å². The zero-order valence-corrected chi connectivity index (χ0v) is 9.32. The van der Waals surface area contributed by atoms with E-state index in [0.717, 1.165) is 5.56 Å². The minimum atomic E-state index is -0.760. The summed E-state index contributed by atoms with van der Waals surface area (Å²) in [5.41, 5.74) is 1.15. The van der Waals surface area contributed by atoms with Gasteiger partial charge in [-0.3, -0.25) is 0 Å². The van der Waals surface area contributed by atoms with Gasteiger partial charge in [0.1, 0.15) is 5.03 Å². The number of esters is 2. The predicted molar refractivity (Wildman–Crippen MR) is 58.8 cm³/mol. The van der Waals surface area contributed by atoms with E-state index in [1.807, 2.05) is 37.3 Å². The van der Waals surface area contributed by atoms with Crippen LogP contribution in [0.2, 0.25) is 0 Å². The van der Waals surface area contributed by atoms with E-state index in [9.17, 15) is 9.59 Å². The van der Waals surface area contributed by atoms with Crippen molar-refractivity contribution in [2.24, 2.45) is 0 Å². The summed E-state index contributed by atoms with van der Waals surface area (Å²) in [6, 6.07) is 9.35. The Morgan fingerprint density at radius 1 is 1.12 bits per heavy atom. The first-order valence-corrected chi connectivity index (χ1v) is 5.20. The third-order valence-corrected chi connectivity index (χ3v) is 2.91. The first kappa shape index (κ1) is 10.9. The summed E-state index contributed by atoms with van der Waals surface area (Å²) < 4.78 is 4.44. The van der Waals surface area contributed by atoms with E-state index in [1.165, 1.54) is 0 Å². The van der Waals surface area contributed by atoms with Gasteiger partial charge in [-0.1, -0.05) is 48.9 Å². The van der Waals surface area contributed by atoms with Crippen molar-refractivity contribution < 1.29 is 14.3 Å². The number of ether oxygens (including phenoxy) is 1. The van der Waals surface area contributed by atoms with Crippen molar-refractivity contribution >= 4 is 23.5 Å². The van der Waals surface area contributed by atoms with Gasteiger partial charge >= 0.3 is 11.9 Å². The van der Waals surface area contributed by atoms with Gasteiger partial charge in [0.2, 0.25) is 0 Å². The minimum absolute atomic E-state index is 0.110. The SMILES string of the molecule is C[C@H](C1=C(Cl)C(=O)OC1=O)c1ccccc1. The largest absolute Gasteiger partial charge is 0.385 e. The van der Waals surface area contributed by atoms with Crippen molar-refractivity contribution in [3.63, 3.8) is 0 Å². The molecule has 0 amide bonds. The summed E-state index contributed by atoms with van der Waals surface area (Å²) in [6.45, 7) is 1.81. The average Bonchev–Trinajstić information content (AvgIpc) is 2.54. The van der Waals surface area contributed by atoms with E-state index >= 15 is 0 Å². The molecule has 0 aromatic heterocycles. The maximum absolute atomic E-state index is 11.4. The molecule has 0 spiro atoms. The van der Waals surface area contributed by atoms with Crippen molar-refractivity contribution in [3.05, 3.63) is 46.5 Å². The molecule has 1 atom stereocenters. The van der Waals surface area contributed by atoms with Crippen LogP contribution in [0, 0.1) is 0 Å². The monoisotopic (exact) mass is 236 g/mol. The van der Waals surface area contributed by atoms with Gasteiger partial charge in [-0.25, -0.2) is 9.59 Å². The van der Waals surface area contributed by atoms with Crippen molar-refractivity contribution in [3.8, 4) is 0 Å². The van der Waals surface area contributed by atoms with Crippen LogP contribution in [-0.4, -0.2) is 11.9 Å². The zero-order chi connectivity index (χ0) is 11.7. The van der Waals surface area contributed by atoms with Crippen molar-refractivity contribution in [2.45, 2.75) is 12.8 Å². The molecular weight excluding hydrogens is 228 g/mol. The Morgan fingerprint density at radius 2 is 1.75 bits per heavy atom. The third kappa shape index (κ3) is 1.74. The first-order chi connectivity index (χ1) is 7.61. The number of rotatable bonds is 2. The Morgan fingerprint density at radius 3 is 2.25 bits per heavy atom. The van der Waals surface area contributed by atoms with Crippen LogP contribution in [0.5, 0.6) is 0 Å². The fourth-order valence-electron chi connectivity index (χ4n) is 1.66. The van der Waals surface area contributed by atoms with Crippen LogP contribution in [0.1, 0.15) is 18.4 Å². The molecule has 0 aliphatic carbocycles. The van der Waals surface area contributed by atoms with E-state index in [2.05, 4.69) is 4.74 Å². The first-order valence-electron chi connectivity index (χ1n) is 4.82. The van der Waals surface area contributed by atoms with E-state index < -0.39 is 11.9 Å². The number of halogens is 1. The number of hydrogen-bond donors (Lipinski definition) is 0. The van der Waals surface area contributed by atoms with Gasteiger partial charge in [-0.05, 0) is 5.56 Å². The summed E-state index contributed by atoms with van der Waals surface area (Å²) in [5, 5.41) is -0.110. The number of carbonyl (C=O) groups excluding carboxylic acids is 2. The molecule has 16 heavy (non-hydrogen) atoms. The second kappa shape index (κ2) is 4.10. The molecule has 0 radical (unpaired) electrons. The number of cyclic esters (lactones) is 2. The Kier molecular flexibility index (Phi) is 2.79. The Labute approximate surface area is 97.7 Å². The number of hydrogen-bond acceptors (Lipinski definition) is 3. The van der Waals surface area contributed by atoms with Crippen LogP contribution < -0.4 is 0 Å². The normalized spacial score (nSPS) is 17.6. The van der Waals surface area contributed by atoms with E-state index in [4.69, 9.17) is 11.6 Å². The standard InChI is InChI=1S/C12H9ClO3/c1-7(8-5-3-2-4-6-8)9-10(13)12(15)16-11(9)14/h2-7H,1H3/t7-/m0/s1. The van der Waals surface area contributed by atoms with Crippen molar-refractivity contribution in [1.82, 2.24) is 0 Å². The molecule has 2 rings (SSSR count). The maximum Gasteiger partial charge on any atom is 0.358 e. The van der Waals surface area contributed by atoms with Gasteiger partial charge in [-0.15, -0.1) is 0 Å². The van der Waals surface area contributed by atoms with Gasteiger partial charge < -0.3 is 4.74 Å². The molecule has 82 valence electrons. The minimum Gasteiger partial charge on any atom is -0.385 e. The van der Waals surface area contributed by atoms with Crippen LogP contribution in [0.25, 0.3) is 0 Å². The smallest absolute Gasteiger partial charge is 0.358 e. The summed E-state index contributed by atoms with van der Waals surface area (Å²) in [5.74, 6) is -1.65.